The highest BCUT2D eigenvalue weighted by atomic mass is 16.2. The molecular formula is C11H25N3O. The Labute approximate surface area is 93.4 Å². The molecule has 0 aromatic heterocycles. The summed E-state index contributed by atoms with van der Waals surface area (Å²) in [5.41, 5.74) is 5.55. The first kappa shape index (κ1) is 14.4. The van der Waals surface area contributed by atoms with Crippen LogP contribution >= 0.6 is 0 Å². The fourth-order valence-electron chi connectivity index (χ4n) is 1.56. The van der Waals surface area contributed by atoms with E-state index in [0.717, 1.165) is 25.9 Å². The van der Waals surface area contributed by atoms with E-state index in [-0.39, 0.29) is 11.9 Å². The third-order valence-electron chi connectivity index (χ3n) is 2.56. The summed E-state index contributed by atoms with van der Waals surface area (Å²) < 4.78 is 0. The first-order valence-corrected chi connectivity index (χ1v) is 5.69. The summed E-state index contributed by atoms with van der Waals surface area (Å²) in [6, 6.07) is -0.0601. The fourth-order valence-corrected chi connectivity index (χ4v) is 1.56. The zero-order valence-corrected chi connectivity index (χ0v) is 10.5. The number of carbonyl (C=O) groups is 1. The molecule has 15 heavy (non-hydrogen) atoms. The molecule has 0 rings (SSSR count). The Bertz CT molecular complexity index is 183. The van der Waals surface area contributed by atoms with E-state index < -0.39 is 0 Å². The molecule has 0 saturated carbocycles. The van der Waals surface area contributed by atoms with Gasteiger partial charge in [0.15, 0.2) is 0 Å². The molecule has 0 aromatic rings. The predicted octanol–water partition coefficient (Wildman–Crippen LogP) is 0.524. The van der Waals surface area contributed by atoms with Gasteiger partial charge in [-0.3, -0.25) is 9.69 Å². The van der Waals surface area contributed by atoms with E-state index in [4.69, 9.17) is 5.73 Å². The van der Waals surface area contributed by atoms with Crippen LogP contribution in [0, 0.1) is 0 Å². The Balaban J connectivity index is 4.26. The van der Waals surface area contributed by atoms with Gasteiger partial charge in [0.2, 0.25) is 5.91 Å². The molecular weight excluding hydrogens is 190 g/mol. The SMILES string of the molecule is CCCCN(CCN)C(C)C(=O)N(C)C. The first-order valence-electron chi connectivity index (χ1n) is 5.69. The highest BCUT2D eigenvalue weighted by molar-refractivity contribution is 5.80. The van der Waals surface area contributed by atoms with E-state index in [1.165, 1.54) is 0 Å². The van der Waals surface area contributed by atoms with Gasteiger partial charge in [0.25, 0.3) is 0 Å². The molecule has 0 aliphatic rings. The fraction of sp³-hybridized carbons (Fsp3) is 0.909. The van der Waals surface area contributed by atoms with Gasteiger partial charge in [-0.2, -0.15) is 0 Å². The number of unbranched alkanes of at least 4 members (excludes halogenated alkanes) is 1. The summed E-state index contributed by atoms with van der Waals surface area (Å²) >= 11 is 0. The van der Waals surface area contributed by atoms with Crippen LogP contribution in [0.15, 0.2) is 0 Å². The van der Waals surface area contributed by atoms with Crippen molar-refractivity contribution < 1.29 is 4.79 Å². The first-order chi connectivity index (χ1) is 7.04. The summed E-state index contributed by atoms with van der Waals surface area (Å²) in [7, 11) is 3.58. The Kier molecular flexibility index (Phi) is 7.34. The van der Waals surface area contributed by atoms with Crippen LogP contribution in [0.2, 0.25) is 0 Å². The molecule has 90 valence electrons. The lowest BCUT2D eigenvalue weighted by Gasteiger charge is -2.29. The van der Waals surface area contributed by atoms with Crippen molar-refractivity contribution in [3.63, 3.8) is 0 Å². The van der Waals surface area contributed by atoms with Gasteiger partial charge < -0.3 is 10.6 Å². The smallest absolute Gasteiger partial charge is 0.239 e. The maximum Gasteiger partial charge on any atom is 0.239 e. The summed E-state index contributed by atoms with van der Waals surface area (Å²) in [5.74, 6) is 0.152. The van der Waals surface area contributed by atoms with Gasteiger partial charge in [0.05, 0.1) is 6.04 Å². The monoisotopic (exact) mass is 215 g/mol. The molecule has 0 bridgehead atoms. The molecule has 1 unspecified atom stereocenters. The van der Waals surface area contributed by atoms with Gasteiger partial charge in [0, 0.05) is 27.2 Å². The van der Waals surface area contributed by atoms with Crippen LogP contribution in [-0.4, -0.2) is 55.5 Å². The van der Waals surface area contributed by atoms with Crippen LogP contribution < -0.4 is 5.73 Å². The molecule has 0 aromatic carbocycles. The van der Waals surface area contributed by atoms with Crippen molar-refractivity contribution in [2.75, 3.05) is 33.7 Å². The molecule has 0 fully saturated rings. The maximum atomic E-state index is 11.8. The van der Waals surface area contributed by atoms with Crippen molar-refractivity contribution in [2.45, 2.75) is 32.7 Å². The zero-order valence-electron chi connectivity index (χ0n) is 10.5. The summed E-state index contributed by atoms with van der Waals surface area (Å²) in [5, 5.41) is 0. The molecule has 0 radical (unpaired) electrons. The summed E-state index contributed by atoms with van der Waals surface area (Å²) in [4.78, 5) is 15.6. The second-order valence-electron chi connectivity index (χ2n) is 4.09. The van der Waals surface area contributed by atoms with E-state index in [1.807, 2.05) is 6.92 Å². The Morgan fingerprint density at radius 2 is 1.93 bits per heavy atom. The number of rotatable bonds is 7. The van der Waals surface area contributed by atoms with Crippen LogP contribution in [0.4, 0.5) is 0 Å². The predicted molar refractivity (Wildman–Crippen MR) is 63.7 cm³/mol. The molecule has 0 heterocycles. The van der Waals surface area contributed by atoms with Crippen LogP contribution in [0.25, 0.3) is 0 Å². The average Bonchev–Trinajstić information content (AvgIpc) is 2.22. The van der Waals surface area contributed by atoms with Crippen molar-refractivity contribution in [1.29, 1.82) is 0 Å². The van der Waals surface area contributed by atoms with Gasteiger partial charge >= 0.3 is 0 Å². The molecule has 0 spiro atoms. The molecule has 0 aliphatic heterocycles. The van der Waals surface area contributed by atoms with E-state index in [2.05, 4.69) is 11.8 Å². The molecule has 2 N–H and O–H groups in total. The number of hydrogen-bond donors (Lipinski definition) is 1. The molecule has 0 aliphatic carbocycles. The zero-order chi connectivity index (χ0) is 11.8. The average molecular weight is 215 g/mol. The maximum absolute atomic E-state index is 11.8. The number of likely N-dealkylation sites (N-methyl/N-ethyl adjacent to an activating group) is 1. The number of hydrogen-bond acceptors (Lipinski definition) is 3. The van der Waals surface area contributed by atoms with Crippen molar-refractivity contribution in [2.24, 2.45) is 5.73 Å². The lowest BCUT2D eigenvalue weighted by Crippen LogP contribution is -2.46. The summed E-state index contributed by atoms with van der Waals surface area (Å²) in [6.07, 6.45) is 2.26. The van der Waals surface area contributed by atoms with E-state index in [9.17, 15) is 4.79 Å². The van der Waals surface area contributed by atoms with Crippen molar-refractivity contribution in [3.8, 4) is 0 Å². The second kappa shape index (κ2) is 7.65. The number of nitrogens with two attached hydrogens (primary N) is 1. The molecule has 0 saturated heterocycles. The largest absolute Gasteiger partial charge is 0.347 e. The van der Waals surface area contributed by atoms with Gasteiger partial charge in [-0.1, -0.05) is 13.3 Å². The van der Waals surface area contributed by atoms with Crippen molar-refractivity contribution in [1.82, 2.24) is 9.80 Å². The quantitative estimate of drug-likeness (QED) is 0.674. The third-order valence-corrected chi connectivity index (χ3v) is 2.56. The molecule has 4 heteroatoms. The van der Waals surface area contributed by atoms with Crippen LogP contribution in [-0.2, 0) is 4.79 Å². The van der Waals surface area contributed by atoms with Crippen LogP contribution in [0.3, 0.4) is 0 Å². The van der Waals surface area contributed by atoms with Crippen molar-refractivity contribution >= 4 is 5.91 Å². The van der Waals surface area contributed by atoms with Crippen LogP contribution in [0.1, 0.15) is 26.7 Å². The third kappa shape index (κ3) is 5.14. The Morgan fingerprint density at radius 1 is 1.33 bits per heavy atom. The van der Waals surface area contributed by atoms with Gasteiger partial charge in [-0.15, -0.1) is 0 Å². The number of nitrogens with zero attached hydrogens (tertiary/aromatic N) is 2. The Hall–Kier alpha value is -0.610. The van der Waals surface area contributed by atoms with E-state index in [1.54, 1.807) is 19.0 Å². The standard InChI is InChI=1S/C11H25N3O/c1-5-6-8-14(9-7-12)10(2)11(15)13(3)4/h10H,5-9,12H2,1-4H3. The van der Waals surface area contributed by atoms with Crippen molar-refractivity contribution in [3.05, 3.63) is 0 Å². The topological polar surface area (TPSA) is 49.6 Å². The minimum Gasteiger partial charge on any atom is -0.347 e. The van der Waals surface area contributed by atoms with Crippen LogP contribution in [0.5, 0.6) is 0 Å². The van der Waals surface area contributed by atoms with E-state index >= 15 is 0 Å². The van der Waals surface area contributed by atoms with Gasteiger partial charge in [-0.05, 0) is 19.9 Å². The second-order valence-corrected chi connectivity index (χ2v) is 4.09. The molecule has 1 amide bonds. The minimum atomic E-state index is -0.0601. The molecule has 4 nitrogen and oxygen atoms in total. The van der Waals surface area contributed by atoms with E-state index in [0.29, 0.717) is 6.54 Å². The highest BCUT2D eigenvalue weighted by Crippen LogP contribution is 2.04. The number of carbonyl (C=O) groups excluding carboxylic acids is 1. The lowest BCUT2D eigenvalue weighted by molar-refractivity contribution is -0.133. The highest BCUT2D eigenvalue weighted by Gasteiger charge is 2.21. The number of amides is 1. The van der Waals surface area contributed by atoms with Gasteiger partial charge in [-0.25, -0.2) is 0 Å². The normalized spacial score (nSPS) is 12.9. The molecule has 1 atom stereocenters. The Morgan fingerprint density at radius 3 is 2.33 bits per heavy atom. The summed E-state index contributed by atoms with van der Waals surface area (Å²) in [6.45, 7) is 6.46. The van der Waals surface area contributed by atoms with Gasteiger partial charge in [0.1, 0.15) is 0 Å². The lowest BCUT2D eigenvalue weighted by atomic mass is 10.2. The minimum absolute atomic E-state index is 0.0601.